The molecule has 2 N–H and O–H groups in total. The first-order chi connectivity index (χ1) is 2.00. The van der Waals surface area contributed by atoms with Gasteiger partial charge >= 0.3 is 56.6 Å². The van der Waals surface area contributed by atoms with Crippen molar-refractivity contribution in [1.82, 2.24) is 0 Å². The van der Waals surface area contributed by atoms with Crippen molar-refractivity contribution in [3.8, 4) is 0 Å². The van der Waals surface area contributed by atoms with Crippen LogP contribution in [-0.2, 0) is 0 Å². The van der Waals surface area contributed by atoms with Crippen molar-refractivity contribution in [2.75, 3.05) is 0 Å². The molecule has 0 atom stereocenters. The van der Waals surface area contributed by atoms with Gasteiger partial charge in [-0.05, 0) is 0 Å². The van der Waals surface area contributed by atoms with Crippen molar-refractivity contribution in [1.29, 1.82) is 0 Å². The Hall–Kier alpha value is 2.36. The van der Waals surface area contributed by atoms with E-state index in [1.807, 2.05) is 0 Å². The fourth-order valence-corrected chi connectivity index (χ4v) is 0. The van der Waals surface area contributed by atoms with Gasteiger partial charge in [0.1, 0.15) is 0 Å². The molecule has 6 heteroatoms. The molecule has 0 aliphatic carbocycles. The van der Waals surface area contributed by atoms with Crippen LogP contribution in [0.5, 0.6) is 0 Å². The number of rotatable bonds is 0. The van der Waals surface area contributed by atoms with Crippen LogP contribution in [0.1, 0.15) is 0 Å². The normalized spacial score (nSPS) is 2.00. The summed E-state index contributed by atoms with van der Waals surface area (Å²) < 4.78 is 12.9. The number of hydrogen-bond donors (Lipinski definition) is 2. The molecule has 0 spiro atoms. The Morgan fingerprint density at radius 2 is 0.833 bits per heavy atom. The molecule has 0 heterocycles. The van der Waals surface area contributed by atoms with E-state index in [4.69, 9.17) is 9.32 Å². The second-order valence-electron chi connectivity index (χ2n) is 0. The zero-order chi connectivity index (χ0) is 4.00. The summed E-state index contributed by atoms with van der Waals surface area (Å²) in [6, 6.07) is 0. The maximum atomic E-state index is 6.47. The van der Waals surface area contributed by atoms with E-state index in [2.05, 4.69) is 23.7 Å². The van der Waals surface area contributed by atoms with Crippen LogP contribution in [0.4, 0.5) is 0 Å². The predicted octanol–water partition coefficient (Wildman–Crippen LogP) is -1.30. The van der Waals surface area contributed by atoms with E-state index < -0.39 is 0 Å². The first kappa shape index (κ1) is 23.8. The molecule has 0 amide bonds. The molecule has 0 saturated heterocycles. The van der Waals surface area contributed by atoms with Gasteiger partial charge in [-0.1, -0.05) is 0 Å². The van der Waals surface area contributed by atoms with Gasteiger partial charge in [0, 0.05) is 0 Å². The van der Waals surface area contributed by atoms with Gasteiger partial charge in [0.25, 0.3) is 0 Å². The molecule has 0 rings (SSSR count). The van der Waals surface area contributed by atoms with Crippen molar-refractivity contribution in [2.45, 2.75) is 0 Å². The summed E-state index contributed by atoms with van der Waals surface area (Å²) in [5, 5.41) is 0. The van der Waals surface area contributed by atoms with Gasteiger partial charge < -0.3 is 0 Å². The molecule has 0 saturated carbocycles. The van der Waals surface area contributed by atoms with E-state index in [0.717, 1.165) is 0 Å². The van der Waals surface area contributed by atoms with Crippen molar-refractivity contribution in [2.24, 2.45) is 0 Å². The van der Waals surface area contributed by atoms with Crippen molar-refractivity contribution >= 4 is 80.3 Å². The van der Waals surface area contributed by atoms with Gasteiger partial charge in [-0.3, -0.25) is 9.32 Å². The summed E-state index contributed by atoms with van der Waals surface area (Å²) >= 11 is 7.28. The zero-order valence-electron chi connectivity index (χ0n) is 1.65. The summed E-state index contributed by atoms with van der Waals surface area (Å²) in [5.41, 5.74) is 0. The van der Waals surface area contributed by atoms with Crippen molar-refractivity contribution < 1.29 is 9.32 Å². The third kappa shape index (κ3) is 32.8. The quantitative estimate of drug-likeness (QED) is 0.427. The Kier molecular flexibility index (Phi) is 213. The first-order valence-corrected chi connectivity index (χ1v) is 1.01. The molecule has 0 bridgehead atoms. The second kappa shape index (κ2) is 53.5. The predicted molar refractivity (Wildman–Crippen MR) is 31.8 cm³/mol. The molecule has 34 valence electrons. The van der Waals surface area contributed by atoms with Gasteiger partial charge in [-0.2, -0.15) is 0 Å². The summed E-state index contributed by atoms with van der Waals surface area (Å²) in [6.45, 7) is 0. The standard InChI is InChI=1S/Ca.2ClHO.Li.3H/c;2*1-2;;;;/h;2*2H;;;;. The van der Waals surface area contributed by atoms with Crippen LogP contribution in [0.15, 0.2) is 0 Å². The molecule has 0 fully saturated rings. The van der Waals surface area contributed by atoms with Crippen LogP contribution >= 0.6 is 23.7 Å². The number of halogens is 2. The Balaban J connectivity index is -0.00000000500. The van der Waals surface area contributed by atoms with E-state index in [1.54, 1.807) is 0 Å². The molecule has 6 heavy (non-hydrogen) atoms. The summed E-state index contributed by atoms with van der Waals surface area (Å²) in [6.07, 6.45) is 0. The average Bonchev–Trinajstić information content (AvgIpc) is 1.50. The van der Waals surface area contributed by atoms with E-state index in [1.165, 1.54) is 0 Å². The fourth-order valence-electron chi connectivity index (χ4n) is 0. The van der Waals surface area contributed by atoms with Crippen LogP contribution in [0.2, 0.25) is 0 Å². The third-order valence-electron chi connectivity index (χ3n) is 0. The Labute approximate surface area is 88.3 Å². The Morgan fingerprint density at radius 3 is 0.833 bits per heavy atom. The SMILES string of the molecule is OCl.OCl.[CaH2].[LiH]. The first-order valence-electron chi connectivity index (χ1n) is 0.338. The molecule has 0 aromatic carbocycles. The van der Waals surface area contributed by atoms with Crippen molar-refractivity contribution in [3.63, 3.8) is 0 Å². The Morgan fingerprint density at radius 1 is 0.833 bits per heavy atom. The van der Waals surface area contributed by atoms with E-state index in [9.17, 15) is 0 Å². The third-order valence-corrected chi connectivity index (χ3v) is 0. The van der Waals surface area contributed by atoms with Gasteiger partial charge in [0.05, 0.1) is 23.7 Å². The monoisotopic (exact) mass is 154 g/mol. The van der Waals surface area contributed by atoms with Gasteiger partial charge in [-0.15, -0.1) is 0 Å². The van der Waals surface area contributed by atoms with E-state index in [0.29, 0.717) is 0 Å². The molecule has 0 aliphatic heterocycles. The van der Waals surface area contributed by atoms with Gasteiger partial charge in [0.2, 0.25) is 0 Å². The molecular weight excluding hydrogens is 150 g/mol. The molecule has 0 aliphatic rings. The minimum absolute atomic E-state index is 0. The average molecular weight is 155 g/mol. The minimum atomic E-state index is 0. The molecule has 0 unspecified atom stereocenters. The van der Waals surface area contributed by atoms with Crippen molar-refractivity contribution in [3.05, 3.63) is 0 Å². The molecule has 2 nitrogen and oxygen atoms in total. The molecule has 0 radical (unpaired) electrons. The van der Waals surface area contributed by atoms with Gasteiger partial charge in [-0.25, -0.2) is 0 Å². The summed E-state index contributed by atoms with van der Waals surface area (Å²) in [7, 11) is 0. The zero-order valence-corrected chi connectivity index (χ0v) is 3.16. The van der Waals surface area contributed by atoms with Crippen LogP contribution in [-0.4, -0.2) is 65.9 Å². The van der Waals surface area contributed by atoms with Crippen LogP contribution in [0.3, 0.4) is 0 Å². The maximum absolute atomic E-state index is 6.47. The van der Waals surface area contributed by atoms with Crippen LogP contribution < -0.4 is 0 Å². The topological polar surface area (TPSA) is 40.5 Å². The fraction of sp³-hybridized carbons (Fsp3) is 0. The molecule has 0 aromatic heterocycles. The Bertz CT molecular complexity index is 11.5. The van der Waals surface area contributed by atoms with E-state index >= 15 is 0 Å². The van der Waals surface area contributed by atoms with E-state index in [-0.39, 0.29) is 56.6 Å². The van der Waals surface area contributed by atoms with Crippen LogP contribution in [0, 0.1) is 0 Å². The van der Waals surface area contributed by atoms with Crippen LogP contribution in [0.25, 0.3) is 0 Å². The summed E-state index contributed by atoms with van der Waals surface area (Å²) in [5.74, 6) is 0. The summed E-state index contributed by atoms with van der Waals surface area (Å²) in [4.78, 5) is 0. The second-order valence-corrected chi connectivity index (χ2v) is 0. The molecular formula is H5CaCl2LiO2. The van der Waals surface area contributed by atoms with Gasteiger partial charge in [0.15, 0.2) is 0 Å². The molecule has 0 aromatic rings. The number of hydrogen-bond acceptors (Lipinski definition) is 2.